The van der Waals surface area contributed by atoms with Gasteiger partial charge >= 0.3 is 5.92 Å². The summed E-state index contributed by atoms with van der Waals surface area (Å²) in [6, 6.07) is 15.6. The minimum Gasteiger partial charge on any atom is -0.322 e. The van der Waals surface area contributed by atoms with Crippen molar-refractivity contribution in [1.82, 2.24) is 0 Å². The number of hydrogen-bond acceptors (Lipinski definition) is 2. The van der Waals surface area contributed by atoms with E-state index in [1.807, 2.05) is 6.07 Å². The number of anilines is 1. The molecule has 0 spiro atoms. The lowest BCUT2D eigenvalue weighted by atomic mass is 10.1. The third kappa shape index (κ3) is 2.87. The predicted molar refractivity (Wildman–Crippen MR) is 90.3 cm³/mol. The lowest BCUT2D eigenvalue weighted by molar-refractivity contribution is 0.0553. The Kier molecular flexibility index (Phi) is 3.96. The maximum atomic E-state index is 14.2. The van der Waals surface area contributed by atoms with Crippen LogP contribution in [0.4, 0.5) is 14.5 Å². The van der Waals surface area contributed by atoms with E-state index in [9.17, 15) is 13.6 Å². The maximum Gasteiger partial charge on any atom is 0.301 e. The molecule has 0 bridgehead atoms. The summed E-state index contributed by atoms with van der Waals surface area (Å²) in [4.78, 5) is 12.3. The molecule has 1 heterocycles. The van der Waals surface area contributed by atoms with Crippen LogP contribution in [0.3, 0.4) is 0 Å². The minimum atomic E-state index is -3.26. The number of para-hydroxylation sites is 1. The van der Waals surface area contributed by atoms with Crippen molar-refractivity contribution in [3.8, 4) is 0 Å². The number of hydrogen-bond donors (Lipinski definition) is 1. The van der Waals surface area contributed by atoms with E-state index in [0.717, 1.165) is 11.3 Å². The lowest BCUT2D eigenvalue weighted by Gasteiger charge is -2.12. The Hall–Kier alpha value is -2.53. The predicted octanol–water partition coefficient (Wildman–Crippen LogP) is 5.43. The first-order chi connectivity index (χ1) is 11.0. The maximum absolute atomic E-state index is 14.2. The van der Waals surface area contributed by atoms with E-state index in [2.05, 4.69) is 11.9 Å². The highest BCUT2D eigenvalue weighted by Gasteiger charge is 2.35. The second-order valence-electron chi connectivity index (χ2n) is 4.95. The topological polar surface area (TPSA) is 29.1 Å². The normalized spacial score (nSPS) is 11.4. The van der Waals surface area contributed by atoms with Crippen LogP contribution in [-0.2, 0) is 5.92 Å². The molecular formula is C18H13F2NOS. The molecule has 0 saturated heterocycles. The van der Waals surface area contributed by atoms with Crippen LogP contribution in [0.25, 0.3) is 10.1 Å². The van der Waals surface area contributed by atoms with Crippen LogP contribution < -0.4 is 5.32 Å². The van der Waals surface area contributed by atoms with Gasteiger partial charge in [0, 0.05) is 15.8 Å². The number of carbonyl (C=O) groups is 1. The van der Waals surface area contributed by atoms with Crippen LogP contribution in [0.2, 0.25) is 0 Å². The summed E-state index contributed by atoms with van der Waals surface area (Å²) in [6.07, 6.45) is 0.566. The van der Waals surface area contributed by atoms with Gasteiger partial charge in [0.2, 0.25) is 0 Å². The van der Waals surface area contributed by atoms with Gasteiger partial charge in [-0.2, -0.15) is 8.78 Å². The first kappa shape index (κ1) is 15.4. The van der Waals surface area contributed by atoms with E-state index < -0.39 is 11.8 Å². The van der Waals surface area contributed by atoms with Gasteiger partial charge in [0.1, 0.15) is 0 Å². The number of halogens is 2. The van der Waals surface area contributed by atoms with Crippen LogP contribution in [0, 0.1) is 0 Å². The van der Waals surface area contributed by atoms with Gasteiger partial charge in [-0.05, 0) is 24.3 Å². The summed E-state index contributed by atoms with van der Waals surface area (Å²) in [6.45, 7) is 3.19. The van der Waals surface area contributed by atoms with Crippen molar-refractivity contribution in [3.63, 3.8) is 0 Å². The van der Waals surface area contributed by atoms with Crippen molar-refractivity contribution in [2.75, 3.05) is 5.32 Å². The van der Waals surface area contributed by atoms with Crippen LogP contribution in [0.15, 0.2) is 67.3 Å². The fraction of sp³-hybridized carbons (Fsp3) is 0.0556. The number of carbonyl (C=O) groups excluding carboxylic acids is 1. The molecule has 0 fully saturated rings. The van der Waals surface area contributed by atoms with E-state index in [0.29, 0.717) is 21.8 Å². The molecule has 0 atom stereocenters. The summed E-state index contributed by atoms with van der Waals surface area (Å²) in [5.41, 5.74) is 0.556. The molecule has 0 unspecified atom stereocenters. The summed E-state index contributed by atoms with van der Waals surface area (Å²) < 4.78 is 29.0. The standard InChI is InChI=1S/C18H13F2NOS/c1-2-18(19,20)16-15(13-10-6-7-11-14(13)23-16)17(22)21-12-8-4-3-5-9-12/h2-11H,1H2,(H,21,22). The largest absolute Gasteiger partial charge is 0.322 e. The SMILES string of the molecule is C=CC(F)(F)c1sc2ccccc2c1C(=O)Nc1ccccc1. The lowest BCUT2D eigenvalue weighted by Crippen LogP contribution is -2.18. The van der Waals surface area contributed by atoms with Gasteiger partial charge in [-0.1, -0.05) is 43.0 Å². The second-order valence-corrected chi connectivity index (χ2v) is 6.00. The number of allylic oxidation sites excluding steroid dienone is 1. The summed E-state index contributed by atoms with van der Waals surface area (Å²) in [5, 5.41) is 3.19. The molecular weight excluding hydrogens is 316 g/mol. The quantitative estimate of drug-likeness (QED) is 0.635. The van der Waals surface area contributed by atoms with Gasteiger partial charge in [0.25, 0.3) is 5.91 Å². The molecule has 2 nitrogen and oxygen atoms in total. The minimum absolute atomic E-state index is 0.000599. The molecule has 3 rings (SSSR count). The van der Waals surface area contributed by atoms with E-state index in [1.54, 1.807) is 48.5 Å². The Morgan fingerprint density at radius 2 is 1.74 bits per heavy atom. The number of thiophene rings is 1. The van der Waals surface area contributed by atoms with Gasteiger partial charge in [-0.25, -0.2) is 0 Å². The summed E-state index contributed by atoms with van der Waals surface area (Å²) >= 11 is 0.912. The number of nitrogens with one attached hydrogen (secondary N) is 1. The Morgan fingerprint density at radius 1 is 1.09 bits per heavy atom. The fourth-order valence-electron chi connectivity index (χ4n) is 2.31. The van der Waals surface area contributed by atoms with E-state index >= 15 is 0 Å². The third-order valence-corrected chi connectivity index (χ3v) is 4.67. The van der Waals surface area contributed by atoms with Crippen molar-refractivity contribution < 1.29 is 13.6 Å². The van der Waals surface area contributed by atoms with Crippen molar-refractivity contribution in [2.45, 2.75) is 5.92 Å². The van der Waals surface area contributed by atoms with Gasteiger partial charge in [-0.15, -0.1) is 11.3 Å². The molecule has 2 aromatic carbocycles. The van der Waals surface area contributed by atoms with Crippen molar-refractivity contribution >= 4 is 33.0 Å². The highest BCUT2D eigenvalue weighted by atomic mass is 32.1. The van der Waals surface area contributed by atoms with Gasteiger partial charge in [0.05, 0.1) is 10.4 Å². The van der Waals surface area contributed by atoms with Gasteiger partial charge in [-0.3, -0.25) is 4.79 Å². The van der Waals surface area contributed by atoms with Crippen LogP contribution >= 0.6 is 11.3 Å². The number of benzene rings is 2. The van der Waals surface area contributed by atoms with Crippen molar-refractivity contribution in [2.24, 2.45) is 0 Å². The number of fused-ring (bicyclic) bond motifs is 1. The molecule has 23 heavy (non-hydrogen) atoms. The Bertz CT molecular complexity index is 871. The molecule has 116 valence electrons. The summed E-state index contributed by atoms with van der Waals surface area (Å²) in [5.74, 6) is -3.81. The monoisotopic (exact) mass is 329 g/mol. The van der Waals surface area contributed by atoms with Gasteiger partial charge in [0.15, 0.2) is 0 Å². The third-order valence-electron chi connectivity index (χ3n) is 3.41. The summed E-state index contributed by atoms with van der Waals surface area (Å²) in [7, 11) is 0. The van der Waals surface area contributed by atoms with Crippen LogP contribution in [0.1, 0.15) is 15.2 Å². The molecule has 0 saturated carbocycles. The molecule has 5 heteroatoms. The Labute approximate surface area is 136 Å². The number of rotatable bonds is 4. The number of amides is 1. The molecule has 0 aliphatic heterocycles. The first-order valence-electron chi connectivity index (χ1n) is 6.93. The molecule has 3 aromatic rings. The van der Waals surface area contributed by atoms with E-state index in [-0.39, 0.29) is 10.4 Å². The number of alkyl halides is 2. The molecule has 1 amide bonds. The van der Waals surface area contributed by atoms with Crippen molar-refractivity contribution in [1.29, 1.82) is 0 Å². The first-order valence-corrected chi connectivity index (χ1v) is 7.74. The highest BCUT2D eigenvalue weighted by molar-refractivity contribution is 7.19. The second kappa shape index (κ2) is 5.93. The molecule has 0 aliphatic carbocycles. The molecule has 0 radical (unpaired) electrons. The smallest absolute Gasteiger partial charge is 0.301 e. The molecule has 1 aromatic heterocycles. The van der Waals surface area contributed by atoms with Gasteiger partial charge < -0.3 is 5.32 Å². The zero-order chi connectivity index (χ0) is 16.4. The average molecular weight is 329 g/mol. The Morgan fingerprint density at radius 3 is 2.43 bits per heavy atom. The average Bonchev–Trinajstić information content (AvgIpc) is 2.96. The zero-order valence-corrected chi connectivity index (χ0v) is 12.9. The van der Waals surface area contributed by atoms with E-state index in [1.165, 1.54) is 0 Å². The van der Waals surface area contributed by atoms with Crippen LogP contribution in [-0.4, -0.2) is 5.91 Å². The molecule has 1 N–H and O–H groups in total. The van der Waals surface area contributed by atoms with Crippen molar-refractivity contribution in [3.05, 3.63) is 77.7 Å². The van der Waals surface area contributed by atoms with E-state index in [4.69, 9.17) is 0 Å². The Balaban J connectivity index is 2.13. The highest BCUT2D eigenvalue weighted by Crippen LogP contribution is 2.42. The zero-order valence-electron chi connectivity index (χ0n) is 12.1. The fourth-order valence-corrected chi connectivity index (χ4v) is 3.48. The van der Waals surface area contributed by atoms with Crippen LogP contribution in [0.5, 0.6) is 0 Å². The molecule has 0 aliphatic rings.